The SMILES string of the molecule is CN1C(n2c3c(c4ccc5ccccc5c42)=CC2c4ccccc4N4c5ccccc5C=3C24)=Nc2ccccc2C1c1ccc(C#N)cc1. The Bertz CT molecular complexity index is 2780. The molecule has 0 saturated carbocycles. The Morgan fingerprint density at radius 1 is 0.694 bits per heavy atom. The van der Waals surface area contributed by atoms with E-state index in [9.17, 15) is 5.26 Å². The molecule has 4 aliphatic rings. The lowest BCUT2D eigenvalue weighted by atomic mass is 9.84. The highest BCUT2D eigenvalue weighted by Gasteiger charge is 2.48. The standard InChI is InChI=1S/C44H29N5/c1-47-40(28-20-18-26(25-45)19-21-28)32-13-4-7-15-36(32)46-44(47)49-41-29-11-3-2-10-27(29)22-23-31(41)35-24-34-30-12-5-8-16-37(30)48-38-17-9-6-14-33(38)39(42(34)48)43(35)49/h2-24,34,40,42H,1H3. The van der Waals surface area contributed by atoms with E-state index >= 15 is 0 Å². The molecule has 3 unspecified atom stereocenters. The molecule has 0 spiro atoms. The quantitative estimate of drug-likeness (QED) is 0.186. The van der Waals surface area contributed by atoms with E-state index in [2.05, 4.69) is 155 Å². The molecule has 0 fully saturated rings. The minimum absolute atomic E-state index is 0.0899. The van der Waals surface area contributed by atoms with Crippen LogP contribution in [-0.4, -0.2) is 28.5 Å². The van der Waals surface area contributed by atoms with Crippen LogP contribution < -0.4 is 15.5 Å². The second-order valence-corrected chi connectivity index (χ2v) is 13.5. The van der Waals surface area contributed by atoms with Crippen molar-refractivity contribution in [3.05, 3.63) is 172 Å². The summed E-state index contributed by atoms with van der Waals surface area (Å²) in [6, 6.07) is 50.0. The normalized spacial score (nSPS) is 19.5. The van der Waals surface area contributed by atoms with Gasteiger partial charge in [-0.2, -0.15) is 5.26 Å². The number of anilines is 2. The highest BCUT2D eigenvalue weighted by Crippen LogP contribution is 2.56. The molecule has 5 heteroatoms. The Morgan fingerprint density at radius 2 is 1.43 bits per heavy atom. The van der Waals surface area contributed by atoms with Crippen molar-refractivity contribution in [1.29, 1.82) is 5.26 Å². The first-order chi connectivity index (χ1) is 24.2. The molecule has 5 nitrogen and oxygen atoms in total. The second-order valence-electron chi connectivity index (χ2n) is 13.5. The van der Waals surface area contributed by atoms with Crippen molar-refractivity contribution in [2.75, 3.05) is 11.9 Å². The van der Waals surface area contributed by atoms with Crippen LogP contribution in [0.5, 0.6) is 0 Å². The fourth-order valence-corrected chi connectivity index (χ4v) is 9.15. The third kappa shape index (κ3) is 3.40. The molecule has 1 aliphatic carbocycles. The third-order valence-electron chi connectivity index (χ3n) is 11.1. The number of nitrogens with zero attached hydrogens (tertiary/aromatic N) is 5. The smallest absolute Gasteiger partial charge is 0.211 e. The van der Waals surface area contributed by atoms with Gasteiger partial charge in [0.1, 0.15) is 0 Å². The van der Waals surface area contributed by atoms with Gasteiger partial charge < -0.3 is 9.80 Å². The van der Waals surface area contributed by atoms with Crippen LogP contribution in [0.15, 0.2) is 138 Å². The van der Waals surface area contributed by atoms with Gasteiger partial charge in [-0.05, 0) is 46.8 Å². The summed E-state index contributed by atoms with van der Waals surface area (Å²) in [6.07, 6.45) is 2.54. The van der Waals surface area contributed by atoms with Crippen LogP contribution in [0.2, 0.25) is 0 Å². The molecule has 6 aromatic carbocycles. The molecular formula is C44H29N5. The molecule has 0 amide bonds. The molecule has 230 valence electrons. The molecular weight excluding hydrogens is 599 g/mol. The van der Waals surface area contributed by atoms with Crippen molar-refractivity contribution < 1.29 is 0 Å². The lowest BCUT2D eigenvalue weighted by molar-refractivity contribution is 0.408. The van der Waals surface area contributed by atoms with Gasteiger partial charge in [0.05, 0.1) is 40.3 Å². The summed E-state index contributed by atoms with van der Waals surface area (Å²) in [5.41, 5.74) is 11.7. The number of hydrogen-bond acceptors (Lipinski definition) is 4. The maximum atomic E-state index is 9.57. The zero-order chi connectivity index (χ0) is 32.4. The zero-order valence-corrected chi connectivity index (χ0v) is 26.7. The molecule has 0 radical (unpaired) electrons. The van der Waals surface area contributed by atoms with Gasteiger partial charge in [0.25, 0.3) is 0 Å². The van der Waals surface area contributed by atoms with Gasteiger partial charge in [-0.1, -0.05) is 109 Å². The monoisotopic (exact) mass is 627 g/mol. The Kier molecular flexibility index (Phi) is 5.22. The molecule has 7 aromatic rings. The molecule has 0 N–H and O–H groups in total. The number of fused-ring (bicyclic) bond motifs is 12. The fourth-order valence-electron chi connectivity index (χ4n) is 9.15. The van der Waals surface area contributed by atoms with E-state index in [-0.39, 0.29) is 18.0 Å². The molecule has 3 aliphatic heterocycles. The van der Waals surface area contributed by atoms with Crippen LogP contribution in [0.25, 0.3) is 33.3 Å². The van der Waals surface area contributed by atoms with E-state index in [0.29, 0.717) is 5.56 Å². The van der Waals surface area contributed by atoms with E-state index in [1.54, 1.807) is 0 Å². The molecule has 4 heterocycles. The van der Waals surface area contributed by atoms with Crippen LogP contribution in [0.4, 0.5) is 17.1 Å². The first-order valence-electron chi connectivity index (χ1n) is 16.9. The average molecular weight is 628 g/mol. The van der Waals surface area contributed by atoms with Crippen molar-refractivity contribution in [3.63, 3.8) is 0 Å². The number of hydrogen-bond donors (Lipinski definition) is 0. The summed E-state index contributed by atoms with van der Waals surface area (Å²) in [5.74, 6) is 1.12. The fraction of sp³-hybridized carbons (Fsp3) is 0.0909. The second kappa shape index (κ2) is 9.59. The van der Waals surface area contributed by atoms with Crippen molar-refractivity contribution in [3.8, 4) is 6.07 Å². The highest BCUT2D eigenvalue weighted by molar-refractivity contribution is 6.12. The molecule has 0 saturated heterocycles. The first kappa shape index (κ1) is 26.7. The topological polar surface area (TPSA) is 47.6 Å². The largest absolute Gasteiger partial charge is 0.334 e. The van der Waals surface area contributed by atoms with E-state index in [1.807, 2.05) is 12.1 Å². The zero-order valence-electron chi connectivity index (χ0n) is 26.7. The molecule has 3 atom stereocenters. The van der Waals surface area contributed by atoms with Crippen LogP contribution in [0, 0.1) is 11.3 Å². The third-order valence-corrected chi connectivity index (χ3v) is 11.1. The Hall–Kier alpha value is -6.38. The summed E-state index contributed by atoms with van der Waals surface area (Å²) < 4.78 is 2.48. The molecule has 1 aromatic heterocycles. The lowest BCUT2D eigenvalue weighted by Crippen LogP contribution is -2.48. The van der Waals surface area contributed by atoms with Crippen LogP contribution in [-0.2, 0) is 0 Å². The Labute approximate surface area is 283 Å². The lowest BCUT2D eigenvalue weighted by Gasteiger charge is -2.36. The number of aliphatic imine (C=N–C) groups is 1. The van der Waals surface area contributed by atoms with E-state index in [4.69, 9.17) is 4.99 Å². The van der Waals surface area contributed by atoms with Crippen molar-refractivity contribution >= 4 is 56.3 Å². The maximum absolute atomic E-state index is 9.57. The summed E-state index contributed by atoms with van der Waals surface area (Å²) in [4.78, 5) is 10.4. The van der Waals surface area contributed by atoms with Gasteiger partial charge in [-0.15, -0.1) is 0 Å². The first-order valence-corrected chi connectivity index (χ1v) is 16.9. The Morgan fingerprint density at radius 3 is 2.29 bits per heavy atom. The molecule has 0 bridgehead atoms. The number of nitriles is 1. The van der Waals surface area contributed by atoms with Gasteiger partial charge >= 0.3 is 0 Å². The summed E-state index contributed by atoms with van der Waals surface area (Å²) in [6.45, 7) is 0. The van der Waals surface area contributed by atoms with Crippen molar-refractivity contribution in [1.82, 2.24) is 9.47 Å². The van der Waals surface area contributed by atoms with Crippen molar-refractivity contribution in [2.24, 2.45) is 4.99 Å². The van der Waals surface area contributed by atoms with Gasteiger partial charge in [0, 0.05) is 57.0 Å². The average Bonchev–Trinajstić information content (AvgIpc) is 3.79. The number of benzene rings is 6. The van der Waals surface area contributed by atoms with E-state index < -0.39 is 0 Å². The number of rotatable bonds is 1. The molecule has 11 rings (SSSR count). The predicted molar refractivity (Wildman–Crippen MR) is 197 cm³/mol. The van der Waals surface area contributed by atoms with Crippen LogP contribution >= 0.6 is 0 Å². The van der Waals surface area contributed by atoms with Crippen molar-refractivity contribution in [2.45, 2.75) is 18.0 Å². The molecule has 49 heavy (non-hydrogen) atoms. The van der Waals surface area contributed by atoms with Gasteiger partial charge in [-0.25, -0.2) is 4.99 Å². The summed E-state index contributed by atoms with van der Waals surface area (Å²) in [7, 11) is 2.17. The predicted octanol–water partition coefficient (Wildman–Crippen LogP) is 7.85. The number of aromatic nitrogens is 1. The highest BCUT2D eigenvalue weighted by atomic mass is 15.3. The number of para-hydroxylation sites is 3. The van der Waals surface area contributed by atoms with Gasteiger partial charge in [-0.3, -0.25) is 4.57 Å². The maximum Gasteiger partial charge on any atom is 0.211 e. The summed E-state index contributed by atoms with van der Waals surface area (Å²) >= 11 is 0. The van der Waals surface area contributed by atoms with Gasteiger partial charge in [0.15, 0.2) is 0 Å². The minimum atomic E-state index is -0.0899. The van der Waals surface area contributed by atoms with E-state index in [1.165, 1.54) is 60.3 Å². The van der Waals surface area contributed by atoms with E-state index in [0.717, 1.165) is 22.8 Å². The van der Waals surface area contributed by atoms with Crippen LogP contribution in [0.1, 0.15) is 39.8 Å². The minimum Gasteiger partial charge on any atom is -0.334 e. The van der Waals surface area contributed by atoms with Gasteiger partial charge in [0.2, 0.25) is 5.96 Å². The summed E-state index contributed by atoms with van der Waals surface area (Å²) in [5, 5.41) is 15.7. The van der Waals surface area contributed by atoms with Crippen LogP contribution in [0.3, 0.4) is 0 Å². The Balaban J connectivity index is 1.30.